The molecular weight excluding hydrogens is 773 g/mol. The zero-order valence-electron chi connectivity index (χ0n) is 33.5. The van der Waals surface area contributed by atoms with Gasteiger partial charge in [0.1, 0.15) is 60.7 Å². The highest BCUT2D eigenvalue weighted by Crippen LogP contribution is 2.28. The van der Waals surface area contributed by atoms with Crippen LogP contribution in [0.25, 0.3) is 21.8 Å². The number of hydrogen-bond acceptors (Lipinski definition) is 9. The number of aromatic nitrogens is 2. The summed E-state index contributed by atoms with van der Waals surface area (Å²) in [6, 6.07) is 48.6. The Morgan fingerprint density at radius 2 is 0.984 bits per heavy atom. The molecule has 0 saturated heterocycles. The number of para-hydroxylation sites is 3. The topological polar surface area (TPSA) is 147 Å². The van der Waals surface area contributed by atoms with Gasteiger partial charge in [0.15, 0.2) is 0 Å². The summed E-state index contributed by atoms with van der Waals surface area (Å²) in [5, 5.41) is 20.6. The third kappa shape index (κ3) is 11.0. The maximum absolute atomic E-state index is 11.4. The number of carbonyl (C=O) groups is 2. The molecule has 2 heterocycles. The number of methoxy groups -OCH3 is 1. The minimum Gasteiger partial charge on any atom is -0.495 e. The van der Waals surface area contributed by atoms with E-state index in [1.165, 1.54) is 13.2 Å². The fourth-order valence-electron chi connectivity index (χ4n) is 6.42. The van der Waals surface area contributed by atoms with Crippen molar-refractivity contribution in [1.82, 2.24) is 9.97 Å². The Bertz CT molecular complexity index is 2810. The first-order chi connectivity index (χ1) is 29.7. The van der Waals surface area contributed by atoms with E-state index in [0.717, 1.165) is 44.3 Å². The molecule has 8 rings (SSSR count). The van der Waals surface area contributed by atoms with E-state index < -0.39 is 11.9 Å². The first-order valence-corrected chi connectivity index (χ1v) is 19.3. The molecule has 0 amide bonds. The van der Waals surface area contributed by atoms with Gasteiger partial charge in [0.2, 0.25) is 0 Å². The number of pyridine rings is 2. The van der Waals surface area contributed by atoms with Crippen LogP contribution in [-0.2, 0) is 26.4 Å². The van der Waals surface area contributed by atoms with Crippen molar-refractivity contribution < 1.29 is 43.5 Å². The van der Waals surface area contributed by atoms with E-state index in [2.05, 4.69) is 9.97 Å². The SMILES string of the molecule is COc1c(COc2cccc(OCc3ccc4ccccc4n3)c2)cccc1C(=O)O.Cc1cc(C(=O)O)ccc1COc1cccc(OCc2ccc3ccccc3n2)c1. The third-order valence-electron chi connectivity index (χ3n) is 9.61. The van der Waals surface area contributed by atoms with Gasteiger partial charge in [-0.1, -0.05) is 78.9 Å². The minimum absolute atomic E-state index is 0.101. The number of aromatic carboxylic acids is 2. The highest BCUT2D eigenvalue weighted by Gasteiger charge is 2.15. The monoisotopic (exact) mass is 814 g/mol. The normalized spacial score (nSPS) is 10.7. The molecule has 0 spiro atoms. The van der Waals surface area contributed by atoms with Crippen molar-refractivity contribution in [1.29, 1.82) is 0 Å². The van der Waals surface area contributed by atoms with Crippen LogP contribution in [0.4, 0.5) is 0 Å². The van der Waals surface area contributed by atoms with Crippen molar-refractivity contribution in [3.8, 4) is 28.7 Å². The van der Waals surface area contributed by atoms with Gasteiger partial charge in [-0.15, -0.1) is 0 Å². The van der Waals surface area contributed by atoms with Gasteiger partial charge in [0.25, 0.3) is 0 Å². The number of carboxylic acid groups (broad SMARTS) is 2. The molecule has 2 N–H and O–H groups in total. The van der Waals surface area contributed by atoms with E-state index in [9.17, 15) is 14.7 Å². The molecule has 0 unspecified atom stereocenters. The van der Waals surface area contributed by atoms with Crippen LogP contribution in [0.3, 0.4) is 0 Å². The zero-order valence-corrected chi connectivity index (χ0v) is 33.5. The van der Waals surface area contributed by atoms with Crippen molar-refractivity contribution >= 4 is 33.7 Å². The summed E-state index contributed by atoms with van der Waals surface area (Å²) in [7, 11) is 1.45. The van der Waals surface area contributed by atoms with Crippen molar-refractivity contribution in [2.45, 2.75) is 33.4 Å². The number of rotatable bonds is 15. The van der Waals surface area contributed by atoms with E-state index >= 15 is 0 Å². The van der Waals surface area contributed by atoms with Crippen molar-refractivity contribution in [3.63, 3.8) is 0 Å². The molecule has 0 aliphatic heterocycles. The maximum Gasteiger partial charge on any atom is 0.339 e. The molecular formula is C50H42N2O9. The Morgan fingerprint density at radius 1 is 0.492 bits per heavy atom. The summed E-state index contributed by atoms with van der Waals surface area (Å²) in [5.74, 6) is 0.948. The molecule has 2 aromatic heterocycles. The molecule has 0 radical (unpaired) electrons. The summed E-state index contributed by atoms with van der Waals surface area (Å²) in [4.78, 5) is 31.7. The van der Waals surface area contributed by atoms with Crippen LogP contribution in [0.5, 0.6) is 28.7 Å². The van der Waals surface area contributed by atoms with Gasteiger partial charge >= 0.3 is 11.9 Å². The van der Waals surface area contributed by atoms with Crippen LogP contribution in [0.15, 0.2) is 158 Å². The predicted octanol–water partition coefficient (Wildman–Crippen LogP) is 10.5. The predicted molar refractivity (Wildman–Crippen MR) is 232 cm³/mol. The second-order valence-electron chi connectivity index (χ2n) is 13.8. The lowest BCUT2D eigenvalue weighted by Crippen LogP contribution is -2.05. The number of benzene rings is 6. The van der Waals surface area contributed by atoms with Gasteiger partial charge in [-0.2, -0.15) is 0 Å². The second-order valence-corrected chi connectivity index (χ2v) is 13.8. The zero-order chi connectivity index (χ0) is 42.6. The molecule has 0 saturated carbocycles. The Morgan fingerprint density at radius 3 is 1.48 bits per heavy atom. The van der Waals surface area contributed by atoms with Crippen molar-refractivity contribution in [2.24, 2.45) is 0 Å². The highest BCUT2D eigenvalue weighted by atomic mass is 16.5. The van der Waals surface area contributed by atoms with Crippen molar-refractivity contribution in [2.75, 3.05) is 7.11 Å². The summed E-state index contributed by atoms with van der Waals surface area (Å²) < 4.78 is 28.8. The molecule has 8 aromatic rings. The first-order valence-electron chi connectivity index (χ1n) is 19.3. The lowest BCUT2D eigenvalue weighted by Gasteiger charge is -2.13. The van der Waals surface area contributed by atoms with Crippen LogP contribution >= 0.6 is 0 Å². The van der Waals surface area contributed by atoms with Gasteiger partial charge in [0.05, 0.1) is 35.1 Å². The fraction of sp³-hybridized carbons (Fsp3) is 0.120. The average molecular weight is 815 g/mol. The van der Waals surface area contributed by atoms with Gasteiger partial charge in [-0.3, -0.25) is 0 Å². The smallest absolute Gasteiger partial charge is 0.339 e. The standard InChI is InChI=1S/C25H21NO5.C25H21NO4/c1-29-24-18(7-4-10-22(24)25(27)28)15-30-20-8-5-9-21(14-20)31-16-19-13-12-17-6-2-3-11-23(17)26-19;1-17-13-19(25(27)28)9-10-20(17)15-29-22-6-4-7-23(14-22)30-16-21-12-11-18-5-2-3-8-24(18)26-21/h2-14H,15-16H2,1H3,(H,27,28);2-14H,15-16H2,1H3,(H,27,28). The summed E-state index contributed by atoms with van der Waals surface area (Å²) in [6.45, 7) is 3.09. The average Bonchev–Trinajstić information content (AvgIpc) is 3.29. The summed E-state index contributed by atoms with van der Waals surface area (Å²) in [5.41, 5.74) is 6.40. The van der Waals surface area contributed by atoms with Crippen molar-refractivity contribution in [3.05, 3.63) is 197 Å². The fourth-order valence-corrected chi connectivity index (χ4v) is 6.42. The Balaban J connectivity index is 0.000000184. The van der Waals surface area contributed by atoms with E-state index in [-0.39, 0.29) is 17.7 Å². The summed E-state index contributed by atoms with van der Waals surface area (Å²) in [6.07, 6.45) is 0. The van der Waals surface area contributed by atoms with Gasteiger partial charge in [0, 0.05) is 28.5 Å². The second kappa shape index (κ2) is 19.7. The number of ether oxygens (including phenoxy) is 5. The van der Waals surface area contributed by atoms with Gasteiger partial charge < -0.3 is 33.9 Å². The van der Waals surface area contributed by atoms with Crippen LogP contribution in [0, 0.1) is 6.92 Å². The Kier molecular flexibility index (Phi) is 13.3. The number of nitrogens with zero attached hydrogens (tertiary/aromatic N) is 2. The van der Waals surface area contributed by atoms with Crippen LogP contribution < -0.4 is 23.7 Å². The molecule has 0 aliphatic rings. The van der Waals surface area contributed by atoms with E-state index in [1.807, 2.05) is 122 Å². The molecule has 0 aliphatic carbocycles. The molecule has 0 bridgehead atoms. The van der Waals surface area contributed by atoms with E-state index in [0.29, 0.717) is 54.1 Å². The lowest BCUT2D eigenvalue weighted by atomic mass is 10.1. The quantitative estimate of drug-likeness (QED) is 0.102. The van der Waals surface area contributed by atoms with E-state index in [1.54, 1.807) is 36.4 Å². The molecule has 61 heavy (non-hydrogen) atoms. The summed E-state index contributed by atoms with van der Waals surface area (Å²) >= 11 is 0. The van der Waals surface area contributed by atoms with Gasteiger partial charge in [-0.25, -0.2) is 19.6 Å². The number of hydrogen-bond donors (Lipinski definition) is 2. The molecule has 0 atom stereocenters. The largest absolute Gasteiger partial charge is 0.495 e. The Labute approximate surface area is 352 Å². The number of fused-ring (bicyclic) bond motifs is 2. The minimum atomic E-state index is -1.05. The highest BCUT2D eigenvalue weighted by molar-refractivity contribution is 5.91. The molecule has 6 aromatic carbocycles. The number of carboxylic acids is 2. The number of aryl methyl sites for hydroxylation is 1. The Hall–Kier alpha value is -7.92. The van der Waals surface area contributed by atoms with Gasteiger partial charge in [-0.05, 0) is 84.8 Å². The third-order valence-corrected chi connectivity index (χ3v) is 9.61. The molecule has 11 nitrogen and oxygen atoms in total. The maximum atomic E-state index is 11.4. The lowest BCUT2D eigenvalue weighted by molar-refractivity contribution is 0.0683. The van der Waals surface area contributed by atoms with Crippen LogP contribution in [-0.4, -0.2) is 39.2 Å². The molecule has 0 fully saturated rings. The molecule has 306 valence electrons. The first kappa shape index (κ1) is 41.2. The van der Waals surface area contributed by atoms with Crippen LogP contribution in [0.1, 0.15) is 48.8 Å². The van der Waals surface area contributed by atoms with E-state index in [4.69, 9.17) is 28.8 Å². The van der Waals surface area contributed by atoms with Crippen LogP contribution in [0.2, 0.25) is 0 Å². The molecule has 11 heteroatoms.